The van der Waals surface area contributed by atoms with E-state index in [9.17, 15) is 0 Å². The fourth-order valence-corrected chi connectivity index (χ4v) is 3.66. The van der Waals surface area contributed by atoms with E-state index < -0.39 is 0 Å². The Morgan fingerprint density at radius 1 is 1.07 bits per heavy atom. The van der Waals surface area contributed by atoms with Crippen LogP contribution in [0.1, 0.15) is 45.4 Å². The lowest BCUT2D eigenvalue weighted by atomic mass is 9.87. The molecule has 0 amide bonds. The summed E-state index contributed by atoms with van der Waals surface area (Å²) in [7, 11) is 0. The summed E-state index contributed by atoms with van der Waals surface area (Å²) >= 11 is 0. The Kier molecular flexibility index (Phi) is 6.14. The van der Waals surface area contributed by atoms with Crippen molar-refractivity contribution in [3.63, 3.8) is 0 Å². The highest BCUT2D eigenvalue weighted by Gasteiger charge is 2.24. The van der Waals surface area contributed by atoms with Gasteiger partial charge in [0.05, 0.1) is 12.2 Å². The highest BCUT2D eigenvalue weighted by Crippen LogP contribution is 2.34. The zero-order valence-corrected chi connectivity index (χ0v) is 16.9. The summed E-state index contributed by atoms with van der Waals surface area (Å²) in [6.45, 7) is 3.06. The average molecular weight is 393 g/mol. The fraction of sp³-hybridized carbons (Fsp3) is 0.522. The van der Waals surface area contributed by atoms with Gasteiger partial charge in [-0.1, -0.05) is 19.1 Å². The molecule has 0 unspecified atom stereocenters. The van der Waals surface area contributed by atoms with Crippen molar-refractivity contribution >= 4 is 5.95 Å². The minimum Gasteiger partial charge on any atom is -0.479 e. The Morgan fingerprint density at radius 3 is 2.52 bits per heavy atom. The number of hydrogen-bond acceptors (Lipinski definition) is 6. The van der Waals surface area contributed by atoms with E-state index in [1.807, 2.05) is 36.5 Å². The van der Waals surface area contributed by atoms with Gasteiger partial charge >= 0.3 is 0 Å². The number of nitrogens with one attached hydrogen (secondary N) is 1. The molecular formula is C23H28N4O2. The van der Waals surface area contributed by atoms with E-state index >= 15 is 0 Å². The van der Waals surface area contributed by atoms with E-state index in [1.54, 1.807) is 0 Å². The van der Waals surface area contributed by atoms with Crippen LogP contribution in [0.5, 0.6) is 11.6 Å². The van der Waals surface area contributed by atoms with Gasteiger partial charge in [-0.2, -0.15) is 10.2 Å². The molecule has 0 radical (unpaired) electrons. The van der Waals surface area contributed by atoms with Gasteiger partial charge < -0.3 is 14.8 Å². The molecule has 1 aromatic carbocycles. The number of rotatable bonds is 8. The standard InChI is InChI=1S/C23H28N4O2/c1-16-2-8-19(9-3-16)26-23-25-14-21(22(27-23)29-15-17-4-5-17)18-6-10-20(11-7-18)28-13-12-24/h6-7,10-11,14,16-17,19H,2-5,8-9,13,15H2,1H3,(H,25,26,27). The molecule has 1 aromatic heterocycles. The lowest BCUT2D eigenvalue weighted by Crippen LogP contribution is -2.26. The van der Waals surface area contributed by atoms with Crippen molar-refractivity contribution in [1.29, 1.82) is 5.26 Å². The summed E-state index contributed by atoms with van der Waals surface area (Å²) in [6.07, 6.45) is 9.13. The first-order valence-electron chi connectivity index (χ1n) is 10.6. The summed E-state index contributed by atoms with van der Waals surface area (Å²) < 4.78 is 11.4. The van der Waals surface area contributed by atoms with Crippen LogP contribution in [0.4, 0.5) is 5.95 Å². The molecule has 2 aliphatic carbocycles. The first-order chi connectivity index (χ1) is 14.2. The van der Waals surface area contributed by atoms with Crippen molar-refractivity contribution < 1.29 is 9.47 Å². The zero-order valence-electron chi connectivity index (χ0n) is 16.9. The van der Waals surface area contributed by atoms with Gasteiger partial charge in [0.2, 0.25) is 11.8 Å². The summed E-state index contributed by atoms with van der Waals surface area (Å²) in [5.74, 6) is 3.41. The second-order valence-corrected chi connectivity index (χ2v) is 8.24. The Labute approximate surface area is 172 Å². The first-order valence-corrected chi connectivity index (χ1v) is 10.6. The van der Waals surface area contributed by atoms with Crippen LogP contribution in [0.15, 0.2) is 30.5 Å². The third-order valence-electron chi connectivity index (χ3n) is 5.72. The van der Waals surface area contributed by atoms with Crippen molar-refractivity contribution in [3.05, 3.63) is 30.5 Å². The minimum atomic E-state index is 0.0402. The third kappa shape index (κ3) is 5.38. The fourth-order valence-electron chi connectivity index (χ4n) is 3.66. The molecule has 2 aliphatic rings. The monoisotopic (exact) mass is 392 g/mol. The maximum atomic E-state index is 8.65. The van der Waals surface area contributed by atoms with Crippen LogP contribution in [0.3, 0.4) is 0 Å². The molecular weight excluding hydrogens is 364 g/mol. The highest BCUT2D eigenvalue weighted by molar-refractivity contribution is 5.69. The van der Waals surface area contributed by atoms with E-state index in [0.29, 0.717) is 36.1 Å². The molecule has 4 rings (SSSR count). The first kappa shape index (κ1) is 19.5. The molecule has 1 heterocycles. The lowest BCUT2D eigenvalue weighted by molar-refractivity contribution is 0.289. The van der Waals surface area contributed by atoms with Crippen LogP contribution >= 0.6 is 0 Å². The van der Waals surface area contributed by atoms with Gasteiger partial charge in [-0.25, -0.2) is 4.98 Å². The molecule has 0 saturated heterocycles. The topological polar surface area (TPSA) is 80.1 Å². The van der Waals surface area contributed by atoms with Crippen molar-refractivity contribution in [3.8, 4) is 28.8 Å². The van der Waals surface area contributed by atoms with Crippen molar-refractivity contribution in [2.45, 2.75) is 51.5 Å². The second kappa shape index (κ2) is 9.13. The predicted octanol–water partition coefficient (Wildman–Crippen LogP) is 4.83. The minimum absolute atomic E-state index is 0.0402. The van der Waals surface area contributed by atoms with Gasteiger partial charge in [0.15, 0.2) is 6.61 Å². The summed E-state index contributed by atoms with van der Waals surface area (Å²) in [6, 6.07) is 10.0. The summed E-state index contributed by atoms with van der Waals surface area (Å²) in [5.41, 5.74) is 1.85. The Balaban J connectivity index is 1.51. The average Bonchev–Trinajstić information content (AvgIpc) is 3.58. The molecule has 1 N–H and O–H groups in total. The quantitative estimate of drug-likeness (QED) is 0.693. The maximum absolute atomic E-state index is 8.65. The third-order valence-corrected chi connectivity index (χ3v) is 5.72. The van der Waals surface area contributed by atoms with Crippen LogP contribution in [0.2, 0.25) is 0 Å². The molecule has 6 heteroatoms. The number of nitrogens with zero attached hydrogens (tertiary/aromatic N) is 3. The Morgan fingerprint density at radius 2 is 1.83 bits per heavy atom. The van der Waals surface area contributed by atoms with Gasteiger partial charge in [0.1, 0.15) is 11.8 Å². The SMILES string of the molecule is CC1CCC(Nc2ncc(-c3ccc(OCC#N)cc3)c(OCC3CC3)n2)CC1. The molecule has 2 fully saturated rings. The van der Waals surface area contributed by atoms with E-state index in [2.05, 4.69) is 17.2 Å². The predicted molar refractivity (Wildman–Crippen MR) is 112 cm³/mol. The van der Waals surface area contributed by atoms with Gasteiger partial charge in [-0.05, 0) is 68.1 Å². The Bertz CT molecular complexity index is 850. The van der Waals surface area contributed by atoms with E-state index in [0.717, 1.165) is 29.9 Å². The molecule has 152 valence electrons. The van der Waals surface area contributed by atoms with Gasteiger partial charge in [-0.15, -0.1) is 0 Å². The number of hydrogen-bond donors (Lipinski definition) is 1. The van der Waals surface area contributed by atoms with Crippen LogP contribution in [-0.4, -0.2) is 29.2 Å². The molecule has 2 aromatic rings. The van der Waals surface area contributed by atoms with Gasteiger partial charge in [-0.3, -0.25) is 0 Å². The number of aromatic nitrogens is 2. The van der Waals surface area contributed by atoms with Crippen LogP contribution in [-0.2, 0) is 0 Å². The van der Waals surface area contributed by atoms with Crippen molar-refractivity contribution in [2.75, 3.05) is 18.5 Å². The molecule has 0 atom stereocenters. The molecule has 0 spiro atoms. The molecule has 6 nitrogen and oxygen atoms in total. The second-order valence-electron chi connectivity index (χ2n) is 8.24. The number of ether oxygens (including phenoxy) is 2. The molecule has 0 aliphatic heterocycles. The zero-order chi connectivity index (χ0) is 20.1. The number of anilines is 1. The van der Waals surface area contributed by atoms with Crippen LogP contribution in [0, 0.1) is 23.2 Å². The van der Waals surface area contributed by atoms with Crippen molar-refractivity contribution in [2.24, 2.45) is 11.8 Å². The lowest BCUT2D eigenvalue weighted by Gasteiger charge is -2.27. The Hall–Kier alpha value is -2.81. The van der Waals surface area contributed by atoms with E-state index in [-0.39, 0.29) is 6.61 Å². The largest absolute Gasteiger partial charge is 0.479 e. The van der Waals surface area contributed by atoms with Gasteiger partial charge in [0, 0.05) is 12.2 Å². The van der Waals surface area contributed by atoms with Crippen molar-refractivity contribution in [1.82, 2.24) is 9.97 Å². The number of nitriles is 1. The maximum Gasteiger partial charge on any atom is 0.226 e. The molecule has 2 saturated carbocycles. The smallest absolute Gasteiger partial charge is 0.226 e. The normalized spacial score (nSPS) is 21.2. The van der Waals surface area contributed by atoms with Crippen LogP contribution in [0.25, 0.3) is 11.1 Å². The van der Waals surface area contributed by atoms with E-state index in [4.69, 9.17) is 19.7 Å². The summed E-state index contributed by atoms with van der Waals surface area (Å²) in [5, 5.41) is 12.2. The molecule has 0 bridgehead atoms. The summed E-state index contributed by atoms with van der Waals surface area (Å²) in [4.78, 5) is 9.28. The van der Waals surface area contributed by atoms with Crippen LogP contribution < -0.4 is 14.8 Å². The van der Waals surface area contributed by atoms with E-state index in [1.165, 1.54) is 25.7 Å². The molecule has 29 heavy (non-hydrogen) atoms. The number of benzene rings is 1. The van der Waals surface area contributed by atoms with Gasteiger partial charge in [0.25, 0.3) is 0 Å². The highest BCUT2D eigenvalue weighted by atomic mass is 16.5.